The number of hydrogen-bond acceptors (Lipinski definition) is 5. The number of carbonyl (C=O) groups is 1. The lowest BCUT2D eigenvalue weighted by Gasteiger charge is -2.25. The average molecular weight is 479 g/mol. The van der Waals surface area contributed by atoms with Crippen molar-refractivity contribution in [3.63, 3.8) is 0 Å². The molecule has 7 nitrogen and oxygen atoms in total. The van der Waals surface area contributed by atoms with Crippen molar-refractivity contribution in [2.24, 2.45) is 5.10 Å². The van der Waals surface area contributed by atoms with Crippen LogP contribution in [0.3, 0.4) is 0 Å². The van der Waals surface area contributed by atoms with E-state index in [-0.39, 0.29) is 4.90 Å². The largest absolute Gasteiger partial charge is 0.372 e. The molecular formula is C26H30N4O3S. The normalized spacial score (nSPS) is 11.4. The molecule has 0 aliphatic rings. The Morgan fingerprint density at radius 2 is 1.53 bits per heavy atom. The number of rotatable bonds is 10. The zero-order chi connectivity index (χ0) is 24.6. The highest BCUT2D eigenvalue weighted by atomic mass is 32.2. The molecule has 0 radical (unpaired) electrons. The quantitative estimate of drug-likeness (QED) is 0.350. The monoisotopic (exact) mass is 478 g/mol. The Hall–Kier alpha value is -3.65. The smallest absolute Gasteiger partial charge is 0.264 e. The third-order valence-electron chi connectivity index (χ3n) is 5.43. The van der Waals surface area contributed by atoms with Gasteiger partial charge in [-0.3, -0.25) is 9.10 Å². The predicted molar refractivity (Wildman–Crippen MR) is 138 cm³/mol. The van der Waals surface area contributed by atoms with Gasteiger partial charge in [0.05, 0.1) is 16.8 Å². The molecule has 0 heterocycles. The Kier molecular flexibility index (Phi) is 8.43. The summed E-state index contributed by atoms with van der Waals surface area (Å²) in [6, 6.07) is 23.0. The third-order valence-corrected chi connectivity index (χ3v) is 7.20. The molecule has 3 aromatic rings. The Bertz CT molecular complexity index is 1220. The summed E-state index contributed by atoms with van der Waals surface area (Å²) < 4.78 is 27.8. The van der Waals surface area contributed by atoms with Gasteiger partial charge in [-0.25, -0.2) is 13.8 Å². The van der Waals surface area contributed by atoms with Crippen LogP contribution < -0.4 is 14.6 Å². The first-order valence-electron chi connectivity index (χ1n) is 11.2. The molecule has 0 unspecified atom stereocenters. The lowest BCUT2D eigenvalue weighted by molar-refractivity contribution is -0.119. The third kappa shape index (κ3) is 6.02. The van der Waals surface area contributed by atoms with Crippen molar-refractivity contribution in [3.05, 3.63) is 90.0 Å². The molecule has 3 rings (SSSR count). The number of hydrazone groups is 1. The Labute approximate surface area is 201 Å². The van der Waals surface area contributed by atoms with Crippen LogP contribution in [0.4, 0.5) is 11.4 Å². The molecule has 0 spiro atoms. The highest BCUT2D eigenvalue weighted by Gasteiger charge is 2.27. The van der Waals surface area contributed by atoms with E-state index in [4.69, 9.17) is 0 Å². The van der Waals surface area contributed by atoms with E-state index in [2.05, 4.69) is 29.3 Å². The molecular weight excluding hydrogens is 448 g/mol. The summed E-state index contributed by atoms with van der Waals surface area (Å²) in [6.45, 7) is 7.45. The van der Waals surface area contributed by atoms with Crippen molar-refractivity contribution in [3.8, 4) is 0 Å². The summed E-state index contributed by atoms with van der Waals surface area (Å²) in [5.41, 5.74) is 5.57. The van der Waals surface area contributed by atoms with E-state index in [1.54, 1.807) is 43.3 Å². The van der Waals surface area contributed by atoms with E-state index in [1.807, 2.05) is 30.3 Å². The van der Waals surface area contributed by atoms with Crippen LogP contribution in [0.15, 0.2) is 88.9 Å². The fourth-order valence-corrected chi connectivity index (χ4v) is 5.07. The fraction of sp³-hybridized carbons (Fsp3) is 0.231. The first-order chi connectivity index (χ1) is 16.4. The standard InChI is InChI=1S/C26H30N4O3S/c1-4-29(5-2)23-17-15-22(16-18-23)19-27-28-26(31)20-30(25-14-10-9-11-21(25)3)34(32,33)24-12-7-6-8-13-24/h6-19H,4-5,20H2,1-3H3,(H,28,31)/b27-19-. The summed E-state index contributed by atoms with van der Waals surface area (Å²) in [5.74, 6) is -0.543. The first kappa shape index (κ1) is 25.0. The van der Waals surface area contributed by atoms with Gasteiger partial charge in [0.15, 0.2) is 0 Å². The van der Waals surface area contributed by atoms with Crippen molar-refractivity contribution in [1.29, 1.82) is 0 Å². The van der Waals surface area contributed by atoms with E-state index in [1.165, 1.54) is 18.3 Å². The lowest BCUT2D eigenvalue weighted by atomic mass is 10.2. The maximum absolute atomic E-state index is 13.4. The minimum Gasteiger partial charge on any atom is -0.372 e. The molecule has 0 atom stereocenters. The van der Waals surface area contributed by atoms with Crippen LogP contribution in [-0.2, 0) is 14.8 Å². The van der Waals surface area contributed by atoms with Gasteiger partial charge in [-0.15, -0.1) is 0 Å². The molecule has 1 amide bonds. The van der Waals surface area contributed by atoms with Crippen LogP contribution in [0.25, 0.3) is 0 Å². The predicted octanol–water partition coefficient (Wildman–Crippen LogP) is 4.19. The van der Waals surface area contributed by atoms with Gasteiger partial charge >= 0.3 is 0 Å². The van der Waals surface area contributed by atoms with Crippen LogP contribution in [0.2, 0.25) is 0 Å². The minimum absolute atomic E-state index is 0.114. The van der Waals surface area contributed by atoms with E-state index < -0.39 is 22.5 Å². The molecule has 0 bridgehead atoms. The van der Waals surface area contributed by atoms with Crippen molar-refractivity contribution in [2.45, 2.75) is 25.7 Å². The summed E-state index contributed by atoms with van der Waals surface area (Å²) in [5, 5.41) is 4.02. The number of nitrogens with zero attached hydrogens (tertiary/aromatic N) is 3. The van der Waals surface area contributed by atoms with Crippen molar-refractivity contribution < 1.29 is 13.2 Å². The van der Waals surface area contributed by atoms with Gasteiger partial charge in [0.1, 0.15) is 6.54 Å². The number of para-hydroxylation sites is 1. The minimum atomic E-state index is -3.95. The van der Waals surface area contributed by atoms with Gasteiger partial charge in [-0.05, 0) is 62.2 Å². The molecule has 0 aliphatic carbocycles. The maximum atomic E-state index is 13.4. The molecule has 178 valence electrons. The van der Waals surface area contributed by atoms with E-state index >= 15 is 0 Å². The summed E-state index contributed by atoms with van der Waals surface area (Å²) in [7, 11) is -3.95. The second-order valence-corrected chi connectivity index (χ2v) is 9.53. The zero-order valence-electron chi connectivity index (χ0n) is 19.7. The van der Waals surface area contributed by atoms with Gasteiger partial charge in [0.2, 0.25) is 0 Å². The molecule has 8 heteroatoms. The number of sulfonamides is 1. The van der Waals surface area contributed by atoms with E-state index in [0.29, 0.717) is 5.69 Å². The fourth-order valence-electron chi connectivity index (χ4n) is 3.57. The van der Waals surface area contributed by atoms with Crippen LogP contribution >= 0.6 is 0 Å². The summed E-state index contributed by atoms with van der Waals surface area (Å²) in [6.07, 6.45) is 1.54. The lowest BCUT2D eigenvalue weighted by Crippen LogP contribution is -2.40. The highest BCUT2D eigenvalue weighted by molar-refractivity contribution is 7.92. The molecule has 0 saturated carbocycles. The van der Waals surface area contributed by atoms with Crippen LogP contribution in [0, 0.1) is 6.92 Å². The number of nitrogens with one attached hydrogen (secondary N) is 1. The maximum Gasteiger partial charge on any atom is 0.264 e. The van der Waals surface area contributed by atoms with Crippen molar-refractivity contribution >= 4 is 33.5 Å². The zero-order valence-corrected chi connectivity index (χ0v) is 20.5. The molecule has 1 N–H and O–H groups in total. The Morgan fingerprint density at radius 3 is 2.15 bits per heavy atom. The van der Waals surface area contributed by atoms with Gasteiger partial charge in [0, 0.05) is 18.8 Å². The second-order valence-electron chi connectivity index (χ2n) is 7.67. The molecule has 0 saturated heterocycles. The number of carbonyl (C=O) groups excluding carboxylic acids is 1. The molecule has 34 heavy (non-hydrogen) atoms. The van der Waals surface area contributed by atoms with Gasteiger partial charge in [-0.1, -0.05) is 48.5 Å². The van der Waals surface area contributed by atoms with E-state index in [9.17, 15) is 13.2 Å². The summed E-state index contributed by atoms with van der Waals surface area (Å²) >= 11 is 0. The van der Waals surface area contributed by atoms with Gasteiger partial charge in [0.25, 0.3) is 15.9 Å². The number of hydrogen-bond donors (Lipinski definition) is 1. The number of amides is 1. The Morgan fingerprint density at radius 1 is 0.912 bits per heavy atom. The van der Waals surface area contributed by atoms with E-state index in [0.717, 1.165) is 34.2 Å². The van der Waals surface area contributed by atoms with Crippen LogP contribution in [-0.4, -0.2) is 40.2 Å². The summed E-state index contributed by atoms with van der Waals surface area (Å²) in [4.78, 5) is 15.0. The van der Waals surface area contributed by atoms with Gasteiger partial charge in [-0.2, -0.15) is 5.10 Å². The molecule has 3 aromatic carbocycles. The Balaban J connectivity index is 1.76. The van der Waals surface area contributed by atoms with Crippen LogP contribution in [0.5, 0.6) is 0 Å². The van der Waals surface area contributed by atoms with Crippen LogP contribution in [0.1, 0.15) is 25.0 Å². The average Bonchev–Trinajstić information content (AvgIpc) is 2.85. The highest BCUT2D eigenvalue weighted by Crippen LogP contribution is 2.26. The SMILES string of the molecule is CCN(CC)c1ccc(/C=N\NC(=O)CN(c2ccccc2C)S(=O)(=O)c2ccccc2)cc1. The second kappa shape index (κ2) is 11.5. The molecule has 0 fully saturated rings. The topological polar surface area (TPSA) is 82.1 Å². The van der Waals surface area contributed by atoms with Crippen molar-refractivity contribution in [1.82, 2.24) is 5.43 Å². The number of aryl methyl sites for hydroxylation is 1. The number of anilines is 2. The van der Waals surface area contributed by atoms with Crippen molar-refractivity contribution in [2.75, 3.05) is 28.8 Å². The molecule has 0 aromatic heterocycles. The number of benzene rings is 3. The molecule has 0 aliphatic heterocycles. The van der Waals surface area contributed by atoms with Gasteiger partial charge < -0.3 is 4.90 Å². The first-order valence-corrected chi connectivity index (χ1v) is 12.6.